The van der Waals surface area contributed by atoms with Gasteiger partial charge in [-0.1, -0.05) is 0 Å². The van der Waals surface area contributed by atoms with Gasteiger partial charge in [-0.25, -0.2) is 4.57 Å². The minimum Gasteiger partial charge on any atom is -0.387 e. The standard InChI is InChI=1S/C6H13O9P/c7-1-2(8)4(10)6(5(11)3(1)9)15-16(12,13)14/h1-11H,(H2,12,13,14)/t1?,2-,3?,4?,5+,6?/m0/s1. The summed E-state index contributed by atoms with van der Waals surface area (Å²) in [7, 11) is -5.01. The Morgan fingerprint density at radius 1 is 0.750 bits per heavy atom. The van der Waals surface area contributed by atoms with E-state index in [1.54, 1.807) is 0 Å². The first kappa shape index (κ1) is 14.0. The van der Waals surface area contributed by atoms with Gasteiger partial charge in [-0.2, -0.15) is 0 Å². The van der Waals surface area contributed by atoms with Crippen molar-refractivity contribution in [1.82, 2.24) is 0 Å². The maximum Gasteiger partial charge on any atom is 0.470 e. The highest BCUT2D eigenvalue weighted by atomic mass is 31.2. The summed E-state index contributed by atoms with van der Waals surface area (Å²) in [6.45, 7) is 0. The van der Waals surface area contributed by atoms with Crippen LogP contribution in [-0.2, 0) is 9.09 Å². The van der Waals surface area contributed by atoms with Gasteiger partial charge in [0.25, 0.3) is 0 Å². The molecule has 0 aromatic carbocycles. The number of rotatable bonds is 2. The molecule has 0 aromatic rings. The van der Waals surface area contributed by atoms with Crippen molar-refractivity contribution in [2.45, 2.75) is 36.6 Å². The molecule has 1 rings (SSSR count). The molecule has 0 aliphatic heterocycles. The monoisotopic (exact) mass is 260 g/mol. The molecule has 4 unspecified atom stereocenters. The Labute approximate surface area is 89.8 Å². The van der Waals surface area contributed by atoms with Crippen molar-refractivity contribution in [2.75, 3.05) is 0 Å². The van der Waals surface area contributed by atoms with Crippen molar-refractivity contribution in [1.29, 1.82) is 0 Å². The van der Waals surface area contributed by atoms with Gasteiger partial charge >= 0.3 is 7.82 Å². The third-order valence-corrected chi connectivity index (χ3v) is 2.85. The molecule has 16 heavy (non-hydrogen) atoms. The lowest BCUT2D eigenvalue weighted by Crippen LogP contribution is -2.64. The van der Waals surface area contributed by atoms with Crippen LogP contribution in [0.1, 0.15) is 0 Å². The normalized spacial score (nSPS) is 45.7. The Kier molecular flexibility index (Phi) is 4.06. The smallest absolute Gasteiger partial charge is 0.387 e. The van der Waals surface area contributed by atoms with Gasteiger partial charge in [-0.15, -0.1) is 0 Å². The molecule has 0 bridgehead atoms. The number of phosphoric acid groups is 1. The summed E-state index contributed by atoms with van der Waals surface area (Å²) in [6.07, 6.45) is -11.3. The van der Waals surface area contributed by atoms with E-state index in [1.807, 2.05) is 0 Å². The van der Waals surface area contributed by atoms with E-state index in [-0.39, 0.29) is 0 Å². The lowest BCUT2D eigenvalue weighted by atomic mass is 9.85. The van der Waals surface area contributed by atoms with Crippen LogP contribution in [0.2, 0.25) is 0 Å². The molecule has 1 saturated carbocycles. The number of phosphoric ester groups is 1. The fraction of sp³-hybridized carbons (Fsp3) is 1.00. The predicted octanol–water partition coefficient (Wildman–Crippen LogP) is -3.72. The highest BCUT2D eigenvalue weighted by Crippen LogP contribution is 2.41. The Balaban J connectivity index is 2.87. The molecular weight excluding hydrogens is 247 g/mol. The molecule has 0 heterocycles. The van der Waals surface area contributed by atoms with E-state index in [0.29, 0.717) is 0 Å². The second-order valence-corrected chi connectivity index (χ2v) is 4.71. The molecule has 1 fully saturated rings. The Bertz CT molecular complexity index is 274. The summed E-state index contributed by atoms with van der Waals surface area (Å²) >= 11 is 0. The average molecular weight is 260 g/mol. The van der Waals surface area contributed by atoms with Crippen LogP contribution >= 0.6 is 7.82 Å². The first-order chi connectivity index (χ1) is 7.15. The van der Waals surface area contributed by atoms with Gasteiger partial charge in [0.05, 0.1) is 0 Å². The van der Waals surface area contributed by atoms with Crippen molar-refractivity contribution in [2.24, 2.45) is 0 Å². The molecule has 96 valence electrons. The summed E-state index contributed by atoms with van der Waals surface area (Å²) in [5.74, 6) is 0. The van der Waals surface area contributed by atoms with Gasteiger partial charge < -0.3 is 35.3 Å². The fourth-order valence-electron chi connectivity index (χ4n) is 1.48. The minimum atomic E-state index is -5.01. The molecule has 0 spiro atoms. The number of hydrogen-bond acceptors (Lipinski definition) is 7. The van der Waals surface area contributed by atoms with E-state index < -0.39 is 44.4 Å². The highest BCUT2D eigenvalue weighted by Gasteiger charge is 2.50. The van der Waals surface area contributed by atoms with E-state index >= 15 is 0 Å². The van der Waals surface area contributed by atoms with E-state index in [1.165, 1.54) is 0 Å². The van der Waals surface area contributed by atoms with Gasteiger partial charge in [0.1, 0.15) is 36.6 Å². The zero-order valence-electron chi connectivity index (χ0n) is 7.86. The van der Waals surface area contributed by atoms with Crippen molar-refractivity contribution in [3.8, 4) is 0 Å². The molecule has 0 radical (unpaired) electrons. The summed E-state index contributed by atoms with van der Waals surface area (Å²) in [5.41, 5.74) is 0. The number of aliphatic hydroxyl groups excluding tert-OH is 5. The molecule has 0 aromatic heterocycles. The summed E-state index contributed by atoms with van der Waals surface area (Å²) in [6, 6.07) is 0. The molecule has 1 aliphatic rings. The van der Waals surface area contributed by atoms with Gasteiger partial charge in [-0.05, 0) is 0 Å². The zero-order chi connectivity index (χ0) is 12.7. The van der Waals surface area contributed by atoms with Crippen LogP contribution in [0, 0.1) is 0 Å². The third kappa shape index (κ3) is 2.77. The number of aliphatic hydroxyl groups is 5. The summed E-state index contributed by atoms with van der Waals surface area (Å²) in [4.78, 5) is 17.0. The first-order valence-corrected chi connectivity index (χ1v) is 5.82. The summed E-state index contributed by atoms with van der Waals surface area (Å²) in [5, 5.41) is 46.1. The topological polar surface area (TPSA) is 168 Å². The molecule has 10 heteroatoms. The van der Waals surface area contributed by atoms with Crippen molar-refractivity contribution in [3.63, 3.8) is 0 Å². The maximum atomic E-state index is 10.5. The largest absolute Gasteiger partial charge is 0.470 e. The second-order valence-electron chi connectivity index (χ2n) is 3.51. The van der Waals surface area contributed by atoms with Gasteiger partial charge in [0.2, 0.25) is 0 Å². The quantitative estimate of drug-likeness (QED) is 0.247. The fourth-order valence-corrected chi connectivity index (χ4v) is 2.05. The van der Waals surface area contributed by atoms with Gasteiger partial charge in [-0.3, -0.25) is 4.52 Å². The van der Waals surface area contributed by atoms with Crippen LogP contribution < -0.4 is 0 Å². The molecule has 0 saturated heterocycles. The predicted molar refractivity (Wildman–Crippen MR) is 47.0 cm³/mol. The Hall–Kier alpha value is -0.0900. The van der Waals surface area contributed by atoms with Gasteiger partial charge in [0.15, 0.2) is 0 Å². The van der Waals surface area contributed by atoms with E-state index in [0.717, 1.165) is 0 Å². The van der Waals surface area contributed by atoms with Crippen LogP contribution in [-0.4, -0.2) is 71.9 Å². The lowest BCUT2D eigenvalue weighted by Gasteiger charge is -2.41. The van der Waals surface area contributed by atoms with Crippen molar-refractivity contribution >= 4 is 7.82 Å². The molecule has 9 nitrogen and oxygen atoms in total. The van der Waals surface area contributed by atoms with E-state index in [4.69, 9.17) is 14.9 Å². The van der Waals surface area contributed by atoms with Gasteiger partial charge in [0, 0.05) is 0 Å². The third-order valence-electron chi connectivity index (χ3n) is 2.33. The minimum absolute atomic E-state index is 1.83. The van der Waals surface area contributed by atoms with Crippen molar-refractivity contribution in [3.05, 3.63) is 0 Å². The molecule has 6 atom stereocenters. The maximum absolute atomic E-state index is 10.5. The van der Waals surface area contributed by atoms with Crippen LogP contribution in [0.3, 0.4) is 0 Å². The highest BCUT2D eigenvalue weighted by molar-refractivity contribution is 7.46. The Morgan fingerprint density at radius 3 is 1.38 bits per heavy atom. The first-order valence-electron chi connectivity index (χ1n) is 4.29. The van der Waals surface area contributed by atoms with E-state index in [2.05, 4.69) is 4.52 Å². The second kappa shape index (κ2) is 4.65. The van der Waals surface area contributed by atoms with Crippen LogP contribution in [0.15, 0.2) is 0 Å². The molecule has 0 amide bonds. The number of hydrogen-bond donors (Lipinski definition) is 7. The molecule has 7 N–H and O–H groups in total. The molecular formula is C6H13O9P. The van der Waals surface area contributed by atoms with E-state index in [9.17, 15) is 25.0 Å². The van der Waals surface area contributed by atoms with Crippen LogP contribution in [0.25, 0.3) is 0 Å². The van der Waals surface area contributed by atoms with Crippen molar-refractivity contribution < 1.29 is 44.4 Å². The SMILES string of the molecule is O=P(O)(O)OC1C(O)[C@@H](O)C(O)C(O)[C@H]1O. The average Bonchev–Trinajstić information content (AvgIpc) is 2.17. The summed E-state index contributed by atoms with van der Waals surface area (Å²) < 4.78 is 14.5. The van der Waals surface area contributed by atoms with Crippen LogP contribution in [0.5, 0.6) is 0 Å². The lowest BCUT2D eigenvalue weighted by molar-refractivity contribution is -0.219. The Morgan fingerprint density at radius 2 is 1.06 bits per heavy atom. The van der Waals surface area contributed by atoms with Crippen LogP contribution in [0.4, 0.5) is 0 Å². The molecule has 1 aliphatic carbocycles. The zero-order valence-corrected chi connectivity index (χ0v) is 8.75.